The minimum atomic E-state index is -0.498. The molecule has 0 atom stereocenters. The Morgan fingerprint density at radius 3 is 2.83 bits per heavy atom. The lowest BCUT2D eigenvalue weighted by atomic mass is 10.2. The number of nitrogens with one attached hydrogen (secondary N) is 1. The van der Waals surface area contributed by atoms with Crippen molar-refractivity contribution in [3.05, 3.63) is 29.6 Å². The third kappa shape index (κ3) is 6.67. The Hall–Kier alpha value is -1.46. The zero-order chi connectivity index (χ0) is 16.7. The van der Waals surface area contributed by atoms with Crippen molar-refractivity contribution in [2.45, 2.75) is 52.2 Å². The summed E-state index contributed by atoms with van der Waals surface area (Å²) in [4.78, 5) is 19.0. The van der Waals surface area contributed by atoms with E-state index in [0.717, 1.165) is 38.4 Å². The van der Waals surface area contributed by atoms with Crippen molar-refractivity contribution in [2.75, 3.05) is 26.2 Å². The lowest BCUT2D eigenvalue weighted by Crippen LogP contribution is -2.32. The molecule has 0 aromatic carbocycles. The molecule has 5 heteroatoms. The third-order valence-corrected chi connectivity index (χ3v) is 3.73. The van der Waals surface area contributed by atoms with E-state index in [2.05, 4.69) is 15.2 Å². The fourth-order valence-corrected chi connectivity index (χ4v) is 2.64. The Labute approximate surface area is 139 Å². The summed E-state index contributed by atoms with van der Waals surface area (Å²) < 4.78 is 5.40. The molecule has 0 unspecified atom stereocenters. The van der Waals surface area contributed by atoms with E-state index < -0.39 is 5.60 Å². The molecule has 1 N–H and O–H groups in total. The maximum Gasteiger partial charge on any atom is 0.357 e. The van der Waals surface area contributed by atoms with Crippen LogP contribution in [0.5, 0.6) is 0 Å². The minimum Gasteiger partial charge on any atom is -0.455 e. The van der Waals surface area contributed by atoms with Gasteiger partial charge in [-0.2, -0.15) is 0 Å². The first-order chi connectivity index (χ1) is 10.9. The normalized spacial score (nSPS) is 17.9. The van der Waals surface area contributed by atoms with E-state index in [-0.39, 0.29) is 5.97 Å². The van der Waals surface area contributed by atoms with Crippen molar-refractivity contribution >= 4 is 5.97 Å². The van der Waals surface area contributed by atoms with Crippen molar-refractivity contribution in [1.29, 1.82) is 0 Å². The van der Waals surface area contributed by atoms with E-state index >= 15 is 0 Å². The molecule has 1 saturated heterocycles. The van der Waals surface area contributed by atoms with Gasteiger partial charge in [0, 0.05) is 19.6 Å². The van der Waals surface area contributed by atoms with E-state index in [1.807, 2.05) is 32.9 Å². The Bertz CT molecular complexity index is 501. The second-order valence-corrected chi connectivity index (χ2v) is 7.10. The molecule has 1 aromatic heterocycles. The number of pyridine rings is 1. The van der Waals surface area contributed by atoms with Crippen LogP contribution in [0.3, 0.4) is 0 Å². The Morgan fingerprint density at radius 2 is 2.04 bits per heavy atom. The van der Waals surface area contributed by atoms with E-state index in [1.165, 1.54) is 19.3 Å². The fourth-order valence-electron chi connectivity index (χ4n) is 2.64. The average molecular weight is 319 g/mol. The van der Waals surface area contributed by atoms with Gasteiger partial charge in [0.25, 0.3) is 0 Å². The lowest BCUT2D eigenvalue weighted by molar-refractivity contribution is 0.00623. The summed E-state index contributed by atoms with van der Waals surface area (Å²) in [6.07, 6.45) is 3.72. The quantitative estimate of drug-likeness (QED) is 0.868. The molecule has 23 heavy (non-hydrogen) atoms. The van der Waals surface area contributed by atoms with Crippen LogP contribution in [-0.4, -0.2) is 47.6 Å². The van der Waals surface area contributed by atoms with Crippen LogP contribution in [-0.2, 0) is 11.3 Å². The van der Waals surface area contributed by atoms with Crippen molar-refractivity contribution in [1.82, 2.24) is 15.2 Å². The summed E-state index contributed by atoms with van der Waals surface area (Å²) >= 11 is 0. The monoisotopic (exact) mass is 319 g/mol. The molecule has 0 saturated carbocycles. The number of nitrogens with zero attached hydrogens (tertiary/aromatic N) is 2. The van der Waals surface area contributed by atoms with Crippen molar-refractivity contribution < 1.29 is 9.53 Å². The average Bonchev–Trinajstić information content (AvgIpc) is 2.60. The molecule has 5 nitrogen and oxygen atoms in total. The Balaban J connectivity index is 1.99. The van der Waals surface area contributed by atoms with Gasteiger partial charge in [-0.1, -0.05) is 12.5 Å². The second-order valence-electron chi connectivity index (χ2n) is 7.10. The molecule has 0 bridgehead atoms. The maximum atomic E-state index is 12.1. The molecule has 2 heterocycles. The molecule has 0 amide bonds. The van der Waals surface area contributed by atoms with Gasteiger partial charge in [0.15, 0.2) is 0 Å². The molecule has 1 aliphatic heterocycles. The van der Waals surface area contributed by atoms with Gasteiger partial charge in [0.1, 0.15) is 11.3 Å². The number of esters is 1. The van der Waals surface area contributed by atoms with Crippen LogP contribution in [0.25, 0.3) is 0 Å². The highest BCUT2D eigenvalue weighted by Crippen LogP contribution is 2.12. The number of ether oxygens (including phenoxy) is 1. The summed E-state index contributed by atoms with van der Waals surface area (Å²) in [5.41, 5.74) is 0.814. The SMILES string of the molecule is CC(C)(C)OC(=O)c1cccc(CN2CCCCCNCC2)n1. The molecular formula is C18H29N3O2. The highest BCUT2D eigenvalue weighted by Gasteiger charge is 2.19. The van der Waals surface area contributed by atoms with Gasteiger partial charge in [0.2, 0.25) is 0 Å². The maximum absolute atomic E-state index is 12.1. The van der Waals surface area contributed by atoms with Gasteiger partial charge in [0.05, 0.1) is 5.69 Å². The summed E-state index contributed by atoms with van der Waals surface area (Å²) in [5, 5.41) is 3.46. The number of hydrogen-bond donors (Lipinski definition) is 1. The molecule has 2 rings (SSSR count). The second kappa shape index (κ2) is 8.41. The number of carbonyl (C=O) groups is 1. The predicted octanol–water partition coefficient (Wildman–Crippen LogP) is 2.61. The highest BCUT2D eigenvalue weighted by molar-refractivity contribution is 5.87. The summed E-state index contributed by atoms with van der Waals surface area (Å²) in [7, 11) is 0. The van der Waals surface area contributed by atoms with Gasteiger partial charge in [-0.25, -0.2) is 9.78 Å². The largest absolute Gasteiger partial charge is 0.455 e. The van der Waals surface area contributed by atoms with Crippen molar-refractivity contribution in [3.8, 4) is 0 Å². The molecule has 1 aliphatic rings. The van der Waals surface area contributed by atoms with Crippen LogP contribution < -0.4 is 5.32 Å². The number of carbonyl (C=O) groups excluding carboxylic acids is 1. The summed E-state index contributed by atoms with van der Waals surface area (Å²) in [6.45, 7) is 10.6. The first kappa shape index (κ1) is 17.9. The zero-order valence-electron chi connectivity index (χ0n) is 14.6. The first-order valence-corrected chi connectivity index (χ1v) is 8.56. The van der Waals surface area contributed by atoms with Gasteiger partial charge in [-0.05, 0) is 58.8 Å². The van der Waals surface area contributed by atoms with Crippen molar-refractivity contribution in [2.24, 2.45) is 0 Å². The van der Waals surface area contributed by atoms with Crippen LogP contribution in [0.1, 0.15) is 56.2 Å². The Kier molecular flexibility index (Phi) is 6.54. The van der Waals surface area contributed by atoms with E-state index in [0.29, 0.717) is 5.69 Å². The molecule has 128 valence electrons. The fraction of sp³-hybridized carbons (Fsp3) is 0.667. The molecule has 0 radical (unpaired) electrons. The van der Waals surface area contributed by atoms with Gasteiger partial charge >= 0.3 is 5.97 Å². The minimum absolute atomic E-state index is 0.356. The zero-order valence-corrected chi connectivity index (χ0v) is 14.6. The van der Waals surface area contributed by atoms with Crippen LogP contribution >= 0.6 is 0 Å². The molecule has 1 fully saturated rings. The van der Waals surface area contributed by atoms with Gasteiger partial charge < -0.3 is 10.1 Å². The van der Waals surface area contributed by atoms with E-state index in [1.54, 1.807) is 6.07 Å². The lowest BCUT2D eigenvalue weighted by Gasteiger charge is -2.22. The molecule has 0 spiro atoms. The number of aromatic nitrogens is 1. The molecule has 0 aliphatic carbocycles. The standard InChI is InChI=1S/C18H29N3O2/c1-18(2,3)23-17(22)16-9-7-8-15(20-16)14-21-12-6-4-5-10-19-11-13-21/h7-9,19H,4-6,10-14H2,1-3H3. The first-order valence-electron chi connectivity index (χ1n) is 8.56. The van der Waals surface area contributed by atoms with Gasteiger partial charge in [-0.3, -0.25) is 4.90 Å². The Morgan fingerprint density at radius 1 is 1.22 bits per heavy atom. The summed E-state index contributed by atoms with van der Waals surface area (Å²) in [5.74, 6) is -0.356. The van der Waals surface area contributed by atoms with E-state index in [4.69, 9.17) is 4.74 Å². The van der Waals surface area contributed by atoms with Gasteiger partial charge in [-0.15, -0.1) is 0 Å². The highest BCUT2D eigenvalue weighted by atomic mass is 16.6. The molecular weight excluding hydrogens is 290 g/mol. The molecule has 1 aromatic rings. The number of hydrogen-bond acceptors (Lipinski definition) is 5. The topological polar surface area (TPSA) is 54.5 Å². The third-order valence-electron chi connectivity index (χ3n) is 3.73. The smallest absolute Gasteiger partial charge is 0.357 e. The van der Waals surface area contributed by atoms with E-state index in [9.17, 15) is 4.79 Å². The van der Waals surface area contributed by atoms with Crippen LogP contribution in [0.15, 0.2) is 18.2 Å². The number of rotatable bonds is 3. The van der Waals surface area contributed by atoms with Crippen LogP contribution in [0, 0.1) is 0 Å². The summed E-state index contributed by atoms with van der Waals surface area (Å²) in [6, 6.07) is 5.58. The predicted molar refractivity (Wildman–Crippen MR) is 91.4 cm³/mol. The van der Waals surface area contributed by atoms with Crippen LogP contribution in [0.2, 0.25) is 0 Å². The van der Waals surface area contributed by atoms with Crippen molar-refractivity contribution in [3.63, 3.8) is 0 Å². The van der Waals surface area contributed by atoms with Crippen LogP contribution in [0.4, 0.5) is 0 Å².